The van der Waals surface area contributed by atoms with Gasteiger partial charge in [-0.05, 0) is 43.2 Å². The molecule has 8 heteroatoms. The molecule has 2 heterocycles. The smallest absolute Gasteiger partial charge is 0.254 e. The summed E-state index contributed by atoms with van der Waals surface area (Å²) in [6, 6.07) is 7.30. The van der Waals surface area contributed by atoms with Crippen LogP contribution in [0.1, 0.15) is 27.2 Å². The zero-order valence-corrected chi connectivity index (χ0v) is 15.3. The number of rotatable bonds is 5. The molecular weight excluding hydrogens is 354 g/mol. The predicted octanol–water partition coefficient (Wildman–Crippen LogP) is 2.14. The Morgan fingerprint density at radius 3 is 2.69 bits per heavy atom. The Balaban J connectivity index is 1.53. The van der Waals surface area contributed by atoms with Crippen LogP contribution in [0.5, 0.6) is 11.5 Å². The highest BCUT2D eigenvalue weighted by molar-refractivity contribution is 7.71. The molecule has 0 unspecified atom stereocenters. The number of hydrogen-bond donors (Lipinski definition) is 3. The van der Waals surface area contributed by atoms with Crippen molar-refractivity contribution in [3.63, 3.8) is 0 Å². The number of aryl methyl sites for hydroxylation is 2. The van der Waals surface area contributed by atoms with E-state index in [1.807, 2.05) is 32.0 Å². The summed E-state index contributed by atoms with van der Waals surface area (Å²) >= 11 is 5.20. The molecule has 0 fully saturated rings. The van der Waals surface area contributed by atoms with Gasteiger partial charge in [0.05, 0.1) is 12.1 Å². The molecule has 0 bridgehead atoms. The molecule has 26 heavy (non-hydrogen) atoms. The van der Waals surface area contributed by atoms with E-state index in [1.165, 1.54) is 0 Å². The second kappa shape index (κ2) is 7.57. The zero-order chi connectivity index (χ0) is 18.7. The van der Waals surface area contributed by atoms with Gasteiger partial charge in [-0.3, -0.25) is 9.59 Å². The summed E-state index contributed by atoms with van der Waals surface area (Å²) in [5, 5.41) is 5.35. The number of aromatic nitrogens is 1. The lowest BCUT2D eigenvalue weighted by atomic mass is 10.1. The molecule has 7 nitrogen and oxygen atoms in total. The number of carbonyl (C=O) groups excluding carboxylic acids is 2. The second-order valence-corrected chi connectivity index (χ2v) is 6.39. The van der Waals surface area contributed by atoms with Crippen LogP contribution in [0.2, 0.25) is 0 Å². The Labute approximate surface area is 155 Å². The Bertz CT molecular complexity index is 923. The Kier molecular flexibility index (Phi) is 5.22. The summed E-state index contributed by atoms with van der Waals surface area (Å²) in [4.78, 5) is 27.2. The van der Waals surface area contributed by atoms with Crippen LogP contribution in [-0.4, -0.2) is 30.1 Å². The molecule has 1 aliphatic heterocycles. The van der Waals surface area contributed by atoms with Crippen LogP contribution >= 0.6 is 12.2 Å². The van der Waals surface area contributed by atoms with Crippen LogP contribution in [0, 0.1) is 18.5 Å². The number of benzene rings is 1. The molecule has 0 spiro atoms. The maximum absolute atomic E-state index is 12.3. The summed E-state index contributed by atoms with van der Waals surface area (Å²) in [6.45, 7) is 4.08. The number of pyridine rings is 1. The highest BCUT2D eigenvalue weighted by Gasteiger charge is 2.15. The summed E-state index contributed by atoms with van der Waals surface area (Å²) in [5.41, 5.74) is 2.91. The average Bonchev–Trinajstić information content (AvgIpc) is 3.05. The van der Waals surface area contributed by atoms with Crippen molar-refractivity contribution < 1.29 is 19.1 Å². The SMILES string of the molecule is Cc1cc(C)c(C(=O)NCC(=O)NCc2ccc3c(c2)OCO3)c(=S)[nH]1. The fourth-order valence-corrected chi connectivity index (χ4v) is 3.11. The van der Waals surface area contributed by atoms with Crippen molar-refractivity contribution in [3.8, 4) is 11.5 Å². The topological polar surface area (TPSA) is 92.5 Å². The lowest BCUT2D eigenvalue weighted by Gasteiger charge is -2.10. The highest BCUT2D eigenvalue weighted by Crippen LogP contribution is 2.32. The molecule has 0 atom stereocenters. The Morgan fingerprint density at radius 1 is 1.15 bits per heavy atom. The molecule has 136 valence electrons. The lowest BCUT2D eigenvalue weighted by Crippen LogP contribution is -2.37. The molecular formula is C18H19N3O4S. The molecule has 0 saturated heterocycles. The van der Waals surface area contributed by atoms with Gasteiger partial charge in [0.2, 0.25) is 12.7 Å². The first-order valence-electron chi connectivity index (χ1n) is 8.08. The van der Waals surface area contributed by atoms with Crippen LogP contribution < -0.4 is 20.1 Å². The quantitative estimate of drug-likeness (QED) is 0.699. The fourth-order valence-electron chi connectivity index (χ4n) is 2.70. The van der Waals surface area contributed by atoms with Crippen molar-refractivity contribution in [3.05, 3.63) is 51.3 Å². The molecule has 1 aromatic heterocycles. The number of ether oxygens (including phenoxy) is 2. The number of nitrogens with one attached hydrogen (secondary N) is 3. The summed E-state index contributed by atoms with van der Waals surface area (Å²) in [7, 11) is 0. The van der Waals surface area contributed by atoms with Crippen molar-refractivity contribution in [1.82, 2.24) is 15.6 Å². The predicted molar refractivity (Wildman–Crippen MR) is 97.8 cm³/mol. The van der Waals surface area contributed by atoms with Gasteiger partial charge >= 0.3 is 0 Å². The van der Waals surface area contributed by atoms with E-state index in [2.05, 4.69) is 15.6 Å². The van der Waals surface area contributed by atoms with Gasteiger partial charge in [0, 0.05) is 12.2 Å². The van der Waals surface area contributed by atoms with Crippen LogP contribution in [0.25, 0.3) is 0 Å². The molecule has 3 N–H and O–H groups in total. The highest BCUT2D eigenvalue weighted by atomic mass is 32.1. The number of aromatic amines is 1. The van der Waals surface area contributed by atoms with Crippen molar-refractivity contribution in [2.24, 2.45) is 0 Å². The second-order valence-electron chi connectivity index (χ2n) is 5.99. The van der Waals surface area contributed by atoms with E-state index < -0.39 is 0 Å². The minimum absolute atomic E-state index is 0.133. The number of carbonyl (C=O) groups is 2. The van der Waals surface area contributed by atoms with E-state index in [1.54, 1.807) is 6.07 Å². The van der Waals surface area contributed by atoms with E-state index in [0.29, 0.717) is 28.2 Å². The lowest BCUT2D eigenvalue weighted by molar-refractivity contribution is -0.120. The molecule has 1 aliphatic rings. The van der Waals surface area contributed by atoms with E-state index in [9.17, 15) is 9.59 Å². The number of H-pyrrole nitrogens is 1. The van der Waals surface area contributed by atoms with Crippen LogP contribution in [-0.2, 0) is 11.3 Å². The van der Waals surface area contributed by atoms with Crippen molar-refractivity contribution in [2.45, 2.75) is 20.4 Å². The van der Waals surface area contributed by atoms with Gasteiger partial charge in [0.1, 0.15) is 4.64 Å². The third kappa shape index (κ3) is 4.02. The van der Waals surface area contributed by atoms with Gasteiger partial charge in [0.15, 0.2) is 11.5 Å². The summed E-state index contributed by atoms with van der Waals surface area (Å²) in [6.07, 6.45) is 0. The van der Waals surface area contributed by atoms with E-state index in [0.717, 1.165) is 16.8 Å². The van der Waals surface area contributed by atoms with Gasteiger partial charge < -0.3 is 25.1 Å². The number of amides is 2. The van der Waals surface area contributed by atoms with Gasteiger partial charge in [-0.1, -0.05) is 18.3 Å². The monoisotopic (exact) mass is 373 g/mol. The molecule has 1 aromatic carbocycles. The number of fused-ring (bicyclic) bond motifs is 1. The summed E-state index contributed by atoms with van der Waals surface area (Å²) < 4.78 is 10.9. The largest absolute Gasteiger partial charge is 0.454 e. The van der Waals surface area contributed by atoms with E-state index in [4.69, 9.17) is 21.7 Å². The molecule has 0 saturated carbocycles. The zero-order valence-electron chi connectivity index (χ0n) is 14.5. The third-order valence-corrected chi connectivity index (χ3v) is 4.23. The van der Waals surface area contributed by atoms with Crippen molar-refractivity contribution in [2.75, 3.05) is 13.3 Å². The average molecular weight is 373 g/mol. The van der Waals surface area contributed by atoms with Gasteiger partial charge in [-0.25, -0.2) is 0 Å². The van der Waals surface area contributed by atoms with Gasteiger partial charge in [0.25, 0.3) is 5.91 Å². The summed E-state index contributed by atoms with van der Waals surface area (Å²) in [5.74, 6) is 0.684. The maximum atomic E-state index is 12.3. The van der Waals surface area contributed by atoms with Gasteiger partial charge in [-0.2, -0.15) is 0 Å². The first-order valence-corrected chi connectivity index (χ1v) is 8.49. The van der Waals surface area contributed by atoms with E-state index >= 15 is 0 Å². The van der Waals surface area contributed by atoms with Crippen LogP contribution in [0.3, 0.4) is 0 Å². The van der Waals surface area contributed by atoms with Gasteiger partial charge in [-0.15, -0.1) is 0 Å². The minimum Gasteiger partial charge on any atom is -0.454 e. The fraction of sp³-hybridized carbons (Fsp3) is 0.278. The molecule has 0 aliphatic carbocycles. The maximum Gasteiger partial charge on any atom is 0.254 e. The standard InChI is InChI=1S/C18H19N3O4S/c1-10-5-11(2)21-18(26)16(10)17(23)20-8-15(22)19-7-12-3-4-13-14(6-12)25-9-24-13/h3-6H,7-9H2,1-2H3,(H,19,22)(H,20,23)(H,21,26). The Hall–Kier alpha value is -2.87. The first kappa shape index (κ1) is 17.9. The molecule has 0 radical (unpaired) electrons. The first-order chi connectivity index (χ1) is 12.4. The Morgan fingerprint density at radius 2 is 1.92 bits per heavy atom. The van der Waals surface area contributed by atoms with Crippen LogP contribution in [0.15, 0.2) is 24.3 Å². The normalized spacial score (nSPS) is 11.9. The number of hydrogen-bond acceptors (Lipinski definition) is 5. The minimum atomic E-state index is -0.373. The molecule has 2 aromatic rings. The van der Waals surface area contributed by atoms with Crippen molar-refractivity contribution >= 4 is 24.0 Å². The third-order valence-electron chi connectivity index (χ3n) is 3.93. The molecule has 3 rings (SSSR count). The van der Waals surface area contributed by atoms with Crippen LogP contribution in [0.4, 0.5) is 0 Å². The van der Waals surface area contributed by atoms with E-state index in [-0.39, 0.29) is 25.2 Å². The van der Waals surface area contributed by atoms with Crippen molar-refractivity contribution in [1.29, 1.82) is 0 Å². The molecule has 2 amide bonds.